The molecule has 200 valence electrons. The monoisotopic (exact) mass is 557 g/mol. The van der Waals surface area contributed by atoms with Crippen LogP contribution in [0.2, 0.25) is 0 Å². The summed E-state index contributed by atoms with van der Waals surface area (Å²) < 4.78 is 32.8. The zero-order chi connectivity index (χ0) is 25.6. The Morgan fingerprint density at radius 3 is 2.28 bits per heavy atom. The number of fused-ring (bicyclic) bond motifs is 1. The molecule has 0 radical (unpaired) electrons. The van der Waals surface area contributed by atoms with E-state index in [1.165, 1.54) is 39.9 Å². The zero-order valence-corrected chi connectivity index (χ0v) is 23.8. The molecule has 0 bridgehead atoms. The molecular formula is C25H36ClN3O5S2. The minimum absolute atomic E-state index is 0. The quantitative estimate of drug-likeness (QED) is 0.399. The van der Waals surface area contributed by atoms with Crippen molar-refractivity contribution >= 4 is 50.6 Å². The summed E-state index contributed by atoms with van der Waals surface area (Å²) >= 11 is 1.40. The molecule has 11 heteroatoms. The predicted octanol–water partition coefficient (Wildman–Crippen LogP) is 4.79. The highest BCUT2D eigenvalue weighted by atomic mass is 35.5. The Labute approximate surface area is 224 Å². The zero-order valence-electron chi connectivity index (χ0n) is 21.3. The minimum Gasteiger partial charge on any atom is -0.462 e. The Bertz CT molecular complexity index is 1140. The Kier molecular flexibility index (Phi) is 11.4. The maximum absolute atomic E-state index is 13.1. The summed E-state index contributed by atoms with van der Waals surface area (Å²) in [4.78, 5) is 29.3. The number of hydrogen-bond donors (Lipinski definition) is 1. The number of anilines is 1. The van der Waals surface area contributed by atoms with Gasteiger partial charge < -0.3 is 10.1 Å². The van der Waals surface area contributed by atoms with Crippen LogP contribution in [0.4, 0.5) is 5.00 Å². The highest BCUT2D eigenvalue weighted by Gasteiger charge is 2.29. The molecular weight excluding hydrogens is 522 g/mol. The summed E-state index contributed by atoms with van der Waals surface area (Å²) in [5, 5.41) is 3.36. The van der Waals surface area contributed by atoms with Gasteiger partial charge >= 0.3 is 5.97 Å². The SMILES string of the molecule is CCCN(CCC)S(=O)(=O)c1ccc(C(=O)Nc2sc3c(c2C(=O)OCC)CCN(CC)C3)cc1.Cl. The first-order chi connectivity index (χ1) is 16.8. The third-order valence-electron chi connectivity index (χ3n) is 5.99. The molecule has 0 spiro atoms. The lowest BCUT2D eigenvalue weighted by Gasteiger charge is -2.25. The van der Waals surface area contributed by atoms with Crippen molar-refractivity contribution in [2.24, 2.45) is 0 Å². The van der Waals surface area contributed by atoms with Crippen molar-refractivity contribution in [3.05, 3.63) is 45.8 Å². The molecule has 2 heterocycles. The van der Waals surface area contributed by atoms with E-state index in [1.54, 1.807) is 6.92 Å². The number of nitrogens with zero attached hydrogens (tertiary/aromatic N) is 2. The van der Waals surface area contributed by atoms with E-state index in [-0.39, 0.29) is 23.9 Å². The number of carbonyl (C=O) groups is 2. The average Bonchev–Trinajstić information content (AvgIpc) is 3.20. The standard InChI is InChI=1S/C25H35N3O5S2.ClH/c1-5-14-28(15-6-2)35(31,32)19-11-9-18(10-12-19)23(29)26-24-22(25(30)33-8-4)20-13-16-27(7-3)17-21(20)34-24;/h9-12H,5-8,13-17H2,1-4H3,(H,26,29);1H. The number of hydrogen-bond acceptors (Lipinski definition) is 7. The summed E-state index contributed by atoms with van der Waals surface area (Å²) in [5.41, 5.74) is 1.70. The number of halogens is 1. The molecule has 0 saturated heterocycles. The second-order valence-electron chi connectivity index (χ2n) is 8.43. The van der Waals surface area contributed by atoms with Crippen molar-refractivity contribution in [1.82, 2.24) is 9.21 Å². The van der Waals surface area contributed by atoms with Gasteiger partial charge in [-0.25, -0.2) is 13.2 Å². The van der Waals surface area contributed by atoms with Crippen LogP contribution in [-0.2, 0) is 27.7 Å². The Balaban J connectivity index is 0.00000456. The molecule has 0 unspecified atom stereocenters. The summed E-state index contributed by atoms with van der Waals surface area (Å²) in [6, 6.07) is 5.95. The number of ether oxygens (including phenoxy) is 1. The molecule has 1 aromatic carbocycles. The van der Waals surface area contributed by atoms with E-state index in [4.69, 9.17) is 4.74 Å². The van der Waals surface area contributed by atoms with E-state index in [9.17, 15) is 18.0 Å². The Morgan fingerprint density at radius 1 is 1.08 bits per heavy atom. The normalized spacial score (nSPS) is 13.7. The van der Waals surface area contributed by atoms with E-state index < -0.39 is 21.9 Å². The Hall–Kier alpha value is -1.98. The summed E-state index contributed by atoms with van der Waals surface area (Å²) in [6.07, 6.45) is 2.18. The highest BCUT2D eigenvalue weighted by molar-refractivity contribution is 7.89. The molecule has 1 N–H and O–H groups in total. The van der Waals surface area contributed by atoms with Crippen molar-refractivity contribution in [2.45, 2.75) is 58.4 Å². The molecule has 0 atom stereocenters. The van der Waals surface area contributed by atoms with Gasteiger partial charge in [-0.15, -0.1) is 23.7 Å². The van der Waals surface area contributed by atoms with Gasteiger partial charge in [-0.2, -0.15) is 4.31 Å². The van der Waals surface area contributed by atoms with Crippen molar-refractivity contribution < 1.29 is 22.7 Å². The van der Waals surface area contributed by atoms with Crippen LogP contribution in [0.5, 0.6) is 0 Å². The number of esters is 1. The molecule has 3 rings (SSSR count). The molecule has 36 heavy (non-hydrogen) atoms. The number of nitrogens with one attached hydrogen (secondary N) is 1. The number of likely N-dealkylation sites (N-methyl/N-ethyl adjacent to an activating group) is 1. The van der Waals surface area contributed by atoms with Gasteiger partial charge in [0.2, 0.25) is 10.0 Å². The van der Waals surface area contributed by atoms with Gasteiger partial charge in [0, 0.05) is 36.6 Å². The van der Waals surface area contributed by atoms with Crippen LogP contribution in [0.3, 0.4) is 0 Å². The summed E-state index contributed by atoms with van der Waals surface area (Å²) in [6.45, 7) is 11.4. The van der Waals surface area contributed by atoms with E-state index in [0.717, 1.165) is 49.3 Å². The minimum atomic E-state index is -3.62. The highest BCUT2D eigenvalue weighted by Crippen LogP contribution is 2.38. The van der Waals surface area contributed by atoms with Crippen LogP contribution < -0.4 is 5.32 Å². The van der Waals surface area contributed by atoms with E-state index in [2.05, 4.69) is 17.1 Å². The fraction of sp³-hybridized carbons (Fsp3) is 0.520. The van der Waals surface area contributed by atoms with Gasteiger partial charge in [0.1, 0.15) is 5.00 Å². The average molecular weight is 558 g/mol. The maximum atomic E-state index is 13.1. The fourth-order valence-corrected chi connectivity index (χ4v) is 7.08. The van der Waals surface area contributed by atoms with Gasteiger partial charge in [0.15, 0.2) is 0 Å². The lowest BCUT2D eigenvalue weighted by Crippen LogP contribution is -2.32. The Morgan fingerprint density at radius 2 is 1.72 bits per heavy atom. The maximum Gasteiger partial charge on any atom is 0.341 e. The first kappa shape index (κ1) is 30.2. The van der Waals surface area contributed by atoms with Crippen molar-refractivity contribution in [1.29, 1.82) is 0 Å². The summed E-state index contributed by atoms with van der Waals surface area (Å²) in [5.74, 6) is -0.831. The number of thiophene rings is 1. The second kappa shape index (κ2) is 13.5. The lowest BCUT2D eigenvalue weighted by atomic mass is 10.0. The van der Waals surface area contributed by atoms with E-state index in [0.29, 0.717) is 29.2 Å². The number of benzene rings is 1. The second-order valence-corrected chi connectivity index (χ2v) is 11.5. The molecule has 0 saturated carbocycles. The van der Waals surface area contributed by atoms with Crippen LogP contribution in [0.15, 0.2) is 29.2 Å². The third-order valence-corrected chi connectivity index (χ3v) is 9.04. The summed E-state index contributed by atoms with van der Waals surface area (Å²) in [7, 11) is -3.62. The number of sulfonamides is 1. The van der Waals surface area contributed by atoms with Gasteiger partial charge in [0.25, 0.3) is 5.91 Å². The van der Waals surface area contributed by atoms with Crippen molar-refractivity contribution in [2.75, 3.05) is 38.1 Å². The topological polar surface area (TPSA) is 96.0 Å². The molecule has 0 aliphatic carbocycles. The van der Waals surface area contributed by atoms with E-state index >= 15 is 0 Å². The molecule has 1 aliphatic heterocycles. The molecule has 1 aromatic heterocycles. The van der Waals surface area contributed by atoms with Crippen LogP contribution in [0, 0.1) is 0 Å². The number of carbonyl (C=O) groups excluding carboxylic acids is 2. The fourth-order valence-electron chi connectivity index (χ4n) is 4.19. The predicted molar refractivity (Wildman–Crippen MR) is 146 cm³/mol. The molecule has 1 aliphatic rings. The lowest BCUT2D eigenvalue weighted by molar-refractivity contribution is 0.0526. The van der Waals surface area contributed by atoms with Gasteiger partial charge in [-0.3, -0.25) is 9.69 Å². The first-order valence-corrected chi connectivity index (χ1v) is 14.5. The molecule has 2 aromatic rings. The van der Waals surface area contributed by atoms with Gasteiger partial charge in [-0.1, -0.05) is 20.8 Å². The molecule has 1 amide bonds. The third kappa shape index (κ3) is 6.66. The van der Waals surface area contributed by atoms with Crippen LogP contribution in [0.25, 0.3) is 0 Å². The van der Waals surface area contributed by atoms with Crippen LogP contribution in [0.1, 0.15) is 71.7 Å². The van der Waals surface area contributed by atoms with Gasteiger partial charge in [-0.05, 0) is 62.6 Å². The molecule has 8 nitrogen and oxygen atoms in total. The van der Waals surface area contributed by atoms with Crippen molar-refractivity contribution in [3.63, 3.8) is 0 Å². The molecule has 0 fully saturated rings. The van der Waals surface area contributed by atoms with Gasteiger partial charge in [0.05, 0.1) is 17.1 Å². The first-order valence-electron chi connectivity index (χ1n) is 12.2. The van der Waals surface area contributed by atoms with Crippen LogP contribution >= 0.6 is 23.7 Å². The van der Waals surface area contributed by atoms with E-state index in [1.807, 2.05) is 13.8 Å². The van der Waals surface area contributed by atoms with Crippen LogP contribution in [-0.4, -0.2) is 62.3 Å². The van der Waals surface area contributed by atoms with Crippen molar-refractivity contribution in [3.8, 4) is 0 Å². The smallest absolute Gasteiger partial charge is 0.341 e. The largest absolute Gasteiger partial charge is 0.462 e. The number of rotatable bonds is 11. The number of amides is 1.